The van der Waals surface area contributed by atoms with Gasteiger partial charge in [0, 0.05) is 45.3 Å². The Morgan fingerprint density at radius 1 is 1.12 bits per heavy atom. The topological polar surface area (TPSA) is 30.0 Å². The number of piperazine rings is 1. The molecule has 1 saturated heterocycles. The molecule has 1 rings (SSSR count). The molecule has 0 bridgehead atoms. The van der Waals surface area contributed by atoms with E-state index in [0.717, 1.165) is 39.1 Å². The van der Waals surface area contributed by atoms with E-state index >= 15 is 0 Å². The van der Waals surface area contributed by atoms with Crippen molar-refractivity contribution in [3.8, 4) is 0 Å². The van der Waals surface area contributed by atoms with Crippen molar-refractivity contribution in [2.45, 2.75) is 32.4 Å². The van der Waals surface area contributed by atoms with Crippen LogP contribution in [0.25, 0.3) is 0 Å². The Labute approximate surface area is 106 Å². The summed E-state index contributed by atoms with van der Waals surface area (Å²) in [5, 5.41) is 9.41. The second kappa shape index (κ2) is 7.31. The minimum absolute atomic E-state index is 0.184. The molecule has 1 N–H and O–H groups in total. The van der Waals surface area contributed by atoms with E-state index in [1.165, 1.54) is 6.54 Å². The molecule has 1 aliphatic rings. The lowest BCUT2D eigenvalue weighted by atomic mass is 10.1. The average Bonchev–Trinajstić information content (AvgIpc) is 2.26. The van der Waals surface area contributed by atoms with Gasteiger partial charge >= 0.3 is 0 Å². The van der Waals surface area contributed by atoms with Crippen LogP contribution in [0.15, 0.2) is 0 Å². The zero-order valence-corrected chi connectivity index (χ0v) is 11.9. The molecule has 1 fully saturated rings. The maximum absolute atomic E-state index is 9.41. The molecule has 102 valence electrons. The first-order valence-electron chi connectivity index (χ1n) is 6.78. The van der Waals surface area contributed by atoms with Crippen LogP contribution < -0.4 is 0 Å². The van der Waals surface area contributed by atoms with Crippen molar-refractivity contribution in [2.75, 3.05) is 53.4 Å². The minimum Gasteiger partial charge on any atom is -0.393 e. The van der Waals surface area contributed by atoms with Crippen molar-refractivity contribution in [2.24, 2.45) is 0 Å². The summed E-state index contributed by atoms with van der Waals surface area (Å²) in [5.74, 6) is 0. The second-order valence-electron chi connectivity index (χ2n) is 5.61. The first-order chi connectivity index (χ1) is 7.99. The number of aliphatic hydroxyl groups is 1. The van der Waals surface area contributed by atoms with Crippen LogP contribution in [0.5, 0.6) is 0 Å². The third-order valence-corrected chi connectivity index (χ3v) is 3.58. The number of hydrogen-bond donors (Lipinski definition) is 1. The smallest absolute Gasteiger partial charge is 0.0526 e. The normalized spacial score (nSPS) is 22.9. The van der Waals surface area contributed by atoms with E-state index in [2.05, 4.69) is 35.7 Å². The lowest BCUT2D eigenvalue weighted by molar-refractivity contribution is 0.0705. The highest BCUT2D eigenvalue weighted by molar-refractivity contribution is 4.77. The predicted octanol–water partition coefficient (Wildman–Crippen LogP) is 0.325. The van der Waals surface area contributed by atoms with E-state index in [1.54, 1.807) is 0 Å². The van der Waals surface area contributed by atoms with Crippen LogP contribution in [0.4, 0.5) is 0 Å². The Kier molecular flexibility index (Phi) is 6.41. The Morgan fingerprint density at radius 3 is 2.18 bits per heavy atom. The van der Waals surface area contributed by atoms with Gasteiger partial charge in [-0.25, -0.2) is 0 Å². The van der Waals surface area contributed by atoms with Crippen molar-refractivity contribution in [1.82, 2.24) is 14.7 Å². The summed E-state index contributed by atoms with van der Waals surface area (Å²) in [6, 6.07) is 0.506. The Balaban J connectivity index is 2.21. The van der Waals surface area contributed by atoms with Gasteiger partial charge in [-0.05, 0) is 34.4 Å². The first kappa shape index (κ1) is 14.9. The monoisotopic (exact) mass is 243 g/mol. The largest absolute Gasteiger partial charge is 0.393 e. The summed E-state index contributed by atoms with van der Waals surface area (Å²) in [6.07, 6.45) is 0.703. The molecule has 17 heavy (non-hydrogen) atoms. The third kappa shape index (κ3) is 5.82. The van der Waals surface area contributed by atoms with Crippen molar-refractivity contribution >= 4 is 0 Å². The Hall–Kier alpha value is -0.160. The lowest BCUT2D eigenvalue weighted by Crippen LogP contribution is -2.51. The molecule has 0 saturated carbocycles. The summed E-state index contributed by atoms with van der Waals surface area (Å²) in [7, 11) is 4.25. The highest BCUT2D eigenvalue weighted by Crippen LogP contribution is 2.10. The van der Waals surface area contributed by atoms with Crippen molar-refractivity contribution in [1.29, 1.82) is 0 Å². The highest BCUT2D eigenvalue weighted by Gasteiger charge is 2.21. The number of nitrogens with zero attached hydrogens (tertiary/aromatic N) is 3. The van der Waals surface area contributed by atoms with E-state index in [4.69, 9.17) is 0 Å². The van der Waals surface area contributed by atoms with Crippen molar-refractivity contribution < 1.29 is 5.11 Å². The number of rotatable bonds is 6. The highest BCUT2D eigenvalue weighted by atomic mass is 16.3. The molecule has 0 amide bonds. The average molecular weight is 243 g/mol. The van der Waals surface area contributed by atoms with E-state index in [0.29, 0.717) is 6.04 Å². The molecule has 1 aliphatic heterocycles. The van der Waals surface area contributed by atoms with Crippen LogP contribution in [0.1, 0.15) is 20.3 Å². The first-order valence-corrected chi connectivity index (χ1v) is 6.78. The van der Waals surface area contributed by atoms with Crippen LogP contribution in [0, 0.1) is 0 Å². The molecular formula is C13H29N3O. The zero-order valence-electron chi connectivity index (χ0n) is 11.9. The summed E-state index contributed by atoms with van der Waals surface area (Å²) in [4.78, 5) is 7.27. The lowest BCUT2D eigenvalue weighted by Gasteiger charge is -2.38. The number of likely N-dealkylation sites (N-methyl/N-ethyl adjacent to an activating group) is 1. The van der Waals surface area contributed by atoms with E-state index in [9.17, 15) is 5.11 Å². The van der Waals surface area contributed by atoms with Gasteiger partial charge in [0.1, 0.15) is 0 Å². The molecule has 0 spiro atoms. The molecule has 0 aromatic rings. The third-order valence-electron chi connectivity index (χ3n) is 3.58. The predicted molar refractivity (Wildman–Crippen MR) is 72.3 cm³/mol. The standard InChI is InChI=1S/C13H29N3O/c1-12(11-13(2)17)16-9-7-15(8-10-16)6-5-14(3)4/h12-13,17H,5-11H2,1-4H3. The van der Waals surface area contributed by atoms with Crippen LogP contribution in [0.3, 0.4) is 0 Å². The van der Waals surface area contributed by atoms with Crippen LogP contribution >= 0.6 is 0 Å². The van der Waals surface area contributed by atoms with Gasteiger partial charge in [-0.2, -0.15) is 0 Å². The maximum Gasteiger partial charge on any atom is 0.0526 e. The molecule has 2 atom stereocenters. The summed E-state index contributed by atoms with van der Waals surface area (Å²) >= 11 is 0. The van der Waals surface area contributed by atoms with E-state index in [-0.39, 0.29) is 6.10 Å². The Bertz CT molecular complexity index is 201. The molecule has 0 aliphatic carbocycles. The fourth-order valence-electron chi connectivity index (χ4n) is 2.41. The van der Waals surface area contributed by atoms with Crippen LogP contribution in [-0.4, -0.2) is 85.3 Å². The zero-order chi connectivity index (χ0) is 12.8. The summed E-state index contributed by atoms with van der Waals surface area (Å²) in [6.45, 7) is 11.0. The minimum atomic E-state index is -0.184. The Morgan fingerprint density at radius 2 is 1.71 bits per heavy atom. The van der Waals surface area contributed by atoms with E-state index < -0.39 is 0 Å². The van der Waals surface area contributed by atoms with Gasteiger partial charge in [0.15, 0.2) is 0 Å². The molecule has 4 heteroatoms. The molecular weight excluding hydrogens is 214 g/mol. The van der Waals surface area contributed by atoms with Crippen LogP contribution in [-0.2, 0) is 0 Å². The van der Waals surface area contributed by atoms with Crippen molar-refractivity contribution in [3.63, 3.8) is 0 Å². The molecule has 2 unspecified atom stereocenters. The van der Waals surface area contributed by atoms with Gasteiger partial charge in [0.2, 0.25) is 0 Å². The fourth-order valence-corrected chi connectivity index (χ4v) is 2.41. The van der Waals surface area contributed by atoms with Gasteiger partial charge in [0.05, 0.1) is 6.10 Å². The van der Waals surface area contributed by atoms with Crippen LogP contribution in [0.2, 0.25) is 0 Å². The van der Waals surface area contributed by atoms with Gasteiger partial charge in [-0.3, -0.25) is 9.80 Å². The summed E-state index contributed by atoms with van der Waals surface area (Å²) < 4.78 is 0. The fraction of sp³-hybridized carbons (Fsp3) is 1.00. The molecule has 0 radical (unpaired) electrons. The summed E-state index contributed by atoms with van der Waals surface area (Å²) in [5.41, 5.74) is 0. The quantitative estimate of drug-likeness (QED) is 0.728. The number of hydrogen-bond acceptors (Lipinski definition) is 4. The van der Waals surface area contributed by atoms with Gasteiger partial charge < -0.3 is 10.0 Å². The molecule has 0 aromatic carbocycles. The molecule has 1 heterocycles. The van der Waals surface area contributed by atoms with Crippen molar-refractivity contribution in [3.05, 3.63) is 0 Å². The van der Waals surface area contributed by atoms with Gasteiger partial charge in [0.25, 0.3) is 0 Å². The second-order valence-corrected chi connectivity index (χ2v) is 5.61. The SMILES string of the molecule is CC(O)CC(C)N1CCN(CCN(C)C)CC1. The maximum atomic E-state index is 9.41. The number of aliphatic hydroxyl groups excluding tert-OH is 1. The molecule has 4 nitrogen and oxygen atoms in total. The van der Waals surface area contributed by atoms with Gasteiger partial charge in [-0.1, -0.05) is 0 Å². The van der Waals surface area contributed by atoms with Gasteiger partial charge in [-0.15, -0.1) is 0 Å². The van der Waals surface area contributed by atoms with E-state index in [1.807, 2.05) is 6.92 Å². The molecule has 0 aromatic heterocycles.